The SMILES string of the molecule is C[C@H](NC(=O)C[C@@H]1NC(=O)c2ccccc2NC1=O)c1nc2ccccc2n1C. The Balaban J connectivity index is 1.46. The molecule has 0 saturated carbocycles. The molecule has 3 amide bonds. The number of rotatable bonds is 4. The van der Waals surface area contributed by atoms with Crippen molar-refractivity contribution in [3.63, 3.8) is 0 Å². The van der Waals surface area contributed by atoms with Crippen molar-refractivity contribution in [2.45, 2.75) is 25.4 Å². The van der Waals surface area contributed by atoms with E-state index in [1.54, 1.807) is 24.3 Å². The fraction of sp³-hybridized carbons (Fsp3) is 0.238. The maximum Gasteiger partial charge on any atom is 0.254 e. The number of anilines is 1. The number of aromatic nitrogens is 2. The maximum absolute atomic E-state index is 12.6. The van der Waals surface area contributed by atoms with Gasteiger partial charge in [-0.25, -0.2) is 4.98 Å². The number of aryl methyl sites for hydroxylation is 1. The van der Waals surface area contributed by atoms with Crippen molar-refractivity contribution in [1.29, 1.82) is 0 Å². The topological polar surface area (TPSA) is 105 Å². The van der Waals surface area contributed by atoms with E-state index < -0.39 is 11.9 Å². The van der Waals surface area contributed by atoms with E-state index in [-0.39, 0.29) is 24.3 Å². The Morgan fingerprint density at radius 1 is 1.17 bits per heavy atom. The van der Waals surface area contributed by atoms with Gasteiger partial charge in [0.05, 0.1) is 34.7 Å². The Morgan fingerprint density at radius 3 is 2.69 bits per heavy atom. The number of nitrogens with zero attached hydrogens (tertiary/aromatic N) is 2. The smallest absolute Gasteiger partial charge is 0.254 e. The van der Waals surface area contributed by atoms with Crippen LogP contribution in [0.2, 0.25) is 0 Å². The van der Waals surface area contributed by atoms with Gasteiger partial charge in [-0.2, -0.15) is 0 Å². The average molecular weight is 391 g/mol. The van der Waals surface area contributed by atoms with Gasteiger partial charge < -0.3 is 20.5 Å². The zero-order valence-electron chi connectivity index (χ0n) is 16.1. The number of carbonyl (C=O) groups excluding carboxylic acids is 3. The minimum absolute atomic E-state index is 0.167. The van der Waals surface area contributed by atoms with Crippen molar-refractivity contribution in [3.8, 4) is 0 Å². The summed E-state index contributed by atoms with van der Waals surface area (Å²) in [4.78, 5) is 42.0. The van der Waals surface area contributed by atoms with Gasteiger partial charge in [0.1, 0.15) is 11.9 Å². The third kappa shape index (κ3) is 3.56. The van der Waals surface area contributed by atoms with E-state index in [1.807, 2.05) is 42.8 Å². The third-order valence-corrected chi connectivity index (χ3v) is 5.03. The number of hydrogen-bond acceptors (Lipinski definition) is 4. The molecular formula is C21H21N5O3. The molecule has 0 aliphatic carbocycles. The molecule has 0 saturated heterocycles. The first-order chi connectivity index (χ1) is 13.9. The number of imidazole rings is 1. The highest BCUT2D eigenvalue weighted by Gasteiger charge is 2.30. The highest BCUT2D eigenvalue weighted by atomic mass is 16.2. The number of para-hydroxylation sites is 3. The second-order valence-electron chi connectivity index (χ2n) is 7.07. The molecule has 1 aromatic heterocycles. The van der Waals surface area contributed by atoms with E-state index in [4.69, 9.17) is 0 Å². The molecule has 1 aliphatic rings. The molecule has 2 atom stereocenters. The number of carbonyl (C=O) groups is 3. The van der Waals surface area contributed by atoms with Crippen molar-refractivity contribution < 1.29 is 14.4 Å². The van der Waals surface area contributed by atoms with Crippen LogP contribution in [-0.2, 0) is 16.6 Å². The van der Waals surface area contributed by atoms with E-state index in [2.05, 4.69) is 20.9 Å². The summed E-state index contributed by atoms with van der Waals surface area (Å²) in [5.74, 6) is -0.453. The molecule has 1 aliphatic heterocycles. The summed E-state index contributed by atoms with van der Waals surface area (Å²) in [6.07, 6.45) is -0.167. The van der Waals surface area contributed by atoms with Gasteiger partial charge in [0, 0.05) is 7.05 Å². The lowest BCUT2D eigenvalue weighted by Crippen LogP contribution is -2.45. The van der Waals surface area contributed by atoms with Gasteiger partial charge >= 0.3 is 0 Å². The van der Waals surface area contributed by atoms with Gasteiger partial charge in [0.15, 0.2) is 0 Å². The zero-order valence-corrected chi connectivity index (χ0v) is 16.1. The monoisotopic (exact) mass is 391 g/mol. The Bertz CT molecular complexity index is 1120. The van der Waals surface area contributed by atoms with Gasteiger partial charge in [-0.1, -0.05) is 24.3 Å². The number of amides is 3. The van der Waals surface area contributed by atoms with Crippen LogP contribution in [0.25, 0.3) is 11.0 Å². The predicted octanol–water partition coefficient (Wildman–Crippen LogP) is 1.89. The van der Waals surface area contributed by atoms with E-state index in [9.17, 15) is 14.4 Å². The average Bonchev–Trinajstić information content (AvgIpc) is 2.98. The zero-order chi connectivity index (χ0) is 20.5. The van der Waals surface area contributed by atoms with Gasteiger partial charge in [-0.05, 0) is 31.2 Å². The minimum atomic E-state index is -0.956. The quantitative estimate of drug-likeness (QED) is 0.632. The minimum Gasteiger partial charge on any atom is -0.346 e. The molecule has 0 spiro atoms. The van der Waals surface area contributed by atoms with Crippen LogP contribution >= 0.6 is 0 Å². The third-order valence-electron chi connectivity index (χ3n) is 5.03. The number of fused-ring (bicyclic) bond motifs is 2. The summed E-state index contributed by atoms with van der Waals surface area (Å²) >= 11 is 0. The largest absolute Gasteiger partial charge is 0.346 e. The van der Waals surface area contributed by atoms with E-state index in [1.165, 1.54) is 0 Å². The molecule has 3 N–H and O–H groups in total. The van der Waals surface area contributed by atoms with Crippen LogP contribution in [0.3, 0.4) is 0 Å². The first-order valence-electron chi connectivity index (χ1n) is 9.35. The summed E-state index contributed by atoms with van der Waals surface area (Å²) in [6, 6.07) is 13.1. The lowest BCUT2D eigenvalue weighted by atomic mass is 10.1. The van der Waals surface area contributed by atoms with Crippen LogP contribution in [0.15, 0.2) is 48.5 Å². The van der Waals surface area contributed by atoms with Crippen molar-refractivity contribution >= 4 is 34.4 Å². The summed E-state index contributed by atoms with van der Waals surface area (Å²) < 4.78 is 1.93. The van der Waals surface area contributed by atoms with Crippen LogP contribution in [0.4, 0.5) is 5.69 Å². The molecule has 8 nitrogen and oxygen atoms in total. The van der Waals surface area contributed by atoms with Crippen LogP contribution in [0, 0.1) is 0 Å². The molecule has 3 aromatic rings. The number of nitrogens with one attached hydrogen (secondary N) is 3. The first kappa shape index (κ1) is 18.7. The molecule has 0 bridgehead atoms. The Hall–Kier alpha value is -3.68. The Kier molecular flexibility index (Phi) is 4.75. The van der Waals surface area contributed by atoms with Crippen LogP contribution in [0.1, 0.15) is 35.6 Å². The molecule has 29 heavy (non-hydrogen) atoms. The predicted molar refractivity (Wildman–Crippen MR) is 108 cm³/mol. The second-order valence-corrected chi connectivity index (χ2v) is 7.07. The number of hydrogen-bond donors (Lipinski definition) is 3. The summed E-state index contributed by atoms with van der Waals surface area (Å²) in [5, 5.41) is 8.20. The van der Waals surface area contributed by atoms with Crippen molar-refractivity contribution in [1.82, 2.24) is 20.2 Å². The molecule has 148 valence electrons. The van der Waals surface area contributed by atoms with Gasteiger partial charge in [-0.3, -0.25) is 14.4 Å². The highest BCUT2D eigenvalue weighted by molar-refractivity contribution is 6.10. The van der Waals surface area contributed by atoms with Crippen LogP contribution in [0.5, 0.6) is 0 Å². The van der Waals surface area contributed by atoms with Gasteiger partial charge in [-0.15, -0.1) is 0 Å². The lowest BCUT2D eigenvalue weighted by Gasteiger charge is -2.17. The van der Waals surface area contributed by atoms with Crippen molar-refractivity contribution in [3.05, 3.63) is 59.9 Å². The van der Waals surface area contributed by atoms with Crippen LogP contribution in [-0.4, -0.2) is 33.3 Å². The lowest BCUT2D eigenvalue weighted by molar-refractivity contribution is -0.126. The molecule has 0 radical (unpaired) electrons. The fourth-order valence-electron chi connectivity index (χ4n) is 3.56. The molecular weight excluding hydrogens is 370 g/mol. The second kappa shape index (κ2) is 7.38. The van der Waals surface area contributed by atoms with Crippen molar-refractivity contribution in [2.24, 2.45) is 7.05 Å². The van der Waals surface area contributed by atoms with Gasteiger partial charge in [0.2, 0.25) is 11.8 Å². The molecule has 0 fully saturated rings. The van der Waals surface area contributed by atoms with Crippen LogP contribution < -0.4 is 16.0 Å². The Morgan fingerprint density at radius 2 is 1.90 bits per heavy atom. The first-order valence-corrected chi connectivity index (χ1v) is 9.35. The van der Waals surface area contributed by atoms with Crippen molar-refractivity contribution in [2.75, 3.05) is 5.32 Å². The summed E-state index contributed by atoms with van der Waals surface area (Å²) in [6.45, 7) is 1.83. The maximum atomic E-state index is 12.6. The van der Waals surface area contributed by atoms with E-state index in [0.29, 0.717) is 17.1 Å². The summed E-state index contributed by atoms with van der Waals surface area (Å²) in [7, 11) is 1.89. The standard InChI is InChI=1S/C21H21N5O3/c1-12(19-23-15-9-5-6-10-17(15)26(19)2)22-18(27)11-16-21(29)24-14-8-4-3-7-13(14)20(28)25-16/h3-10,12,16H,11H2,1-2H3,(H,22,27)(H,24,29)(H,25,28)/t12-,16-/m0/s1. The fourth-order valence-corrected chi connectivity index (χ4v) is 3.56. The molecule has 2 aromatic carbocycles. The Labute approximate surface area is 167 Å². The van der Waals surface area contributed by atoms with E-state index >= 15 is 0 Å². The van der Waals surface area contributed by atoms with Gasteiger partial charge in [0.25, 0.3) is 5.91 Å². The molecule has 4 rings (SSSR count). The molecule has 2 heterocycles. The molecule has 8 heteroatoms. The molecule has 0 unspecified atom stereocenters. The summed E-state index contributed by atoms with van der Waals surface area (Å²) in [5.41, 5.74) is 2.62. The normalized spacial score (nSPS) is 17.1. The number of benzene rings is 2. The highest BCUT2D eigenvalue weighted by Crippen LogP contribution is 2.21. The van der Waals surface area contributed by atoms with E-state index in [0.717, 1.165) is 11.0 Å².